The molecule has 1 atom stereocenters. The highest BCUT2D eigenvalue weighted by Gasteiger charge is 2.33. The Morgan fingerprint density at radius 3 is 2.54 bits per heavy atom. The summed E-state index contributed by atoms with van der Waals surface area (Å²) >= 11 is 0. The normalized spacial score (nSPS) is 15.2. The van der Waals surface area contributed by atoms with Crippen molar-refractivity contribution in [1.29, 1.82) is 5.26 Å². The fraction of sp³-hybridized carbons (Fsp3) is 0.379. The Balaban J connectivity index is 1.62. The first kappa shape index (κ1) is 24.4. The Bertz CT molecular complexity index is 1270. The number of aromatic nitrogens is 1. The number of nitrogens with zero attached hydrogens (tertiary/aromatic N) is 3. The fourth-order valence-corrected chi connectivity index (χ4v) is 4.81. The lowest BCUT2D eigenvalue weighted by Crippen LogP contribution is -2.35. The van der Waals surface area contributed by atoms with Gasteiger partial charge in [-0.3, -0.25) is 9.78 Å². The van der Waals surface area contributed by atoms with E-state index in [1.54, 1.807) is 12.1 Å². The summed E-state index contributed by atoms with van der Waals surface area (Å²) < 4.78 is 5.63. The minimum atomic E-state index is -0.504. The zero-order chi connectivity index (χ0) is 25.0. The van der Waals surface area contributed by atoms with E-state index in [0.717, 1.165) is 41.4 Å². The summed E-state index contributed by atoms with van der Waals surface area (Å²) in [4.78, 5) is 32.9. The molecule has 35 heavy (non-hydrogen) atoms. The Hall–Kier alpha value is -3.72. The molecular weight excluding hydrogens is 438 g/mol. The van der Waals surface area contributed by atoms with Crippen LogP contribution in [0.15, 0.2) is 54.6 Å². The van der Waals surface area contributed by atoms with E-state index in [9.17, 15) is 9.59 Å². The van der Waals surface area contributed by atoms with E-state index in [1.165, 1.54) is 4.90 Å². The molecule has 1 aliphatic carbocycles. The van der Waals surface area contributed by atoms with E-state index in [1.807, 2.05) is 42.5 Å². The number of carbonyl (C=O) groups excluding carboxylic acids is 2. The number of carbonyl (C=O) groups is 2. The quantitative estimate of drug-likeness (QED) is 0.446. The average molecular weight is 470 g/mol. The molecule has 1 heterocycles. The second kappa shape index (κ2) is 10.3. The van der Waals surface area contributed by atoms with Gasteiger partial charge in [0.1, 0.15) is 0 Å². The molecule has 0 fully saturated rings. The summed E-state index contributed by atoms with van der Waals surface area (Å²) in [5.41, 5.74) is 3.95. The zero-order valence-electron chi connectivity index (χ0n) is 20.6. The van der Waals surface area contributed by atoms with Gasteiger partial charge in [-0.1, -0.05) is 57.2 Å². The molecule has 0 N–H and O–H groups in total. The Labute approximate surface area is 206 Å². The van der Waals surface area contributed by atoms with E-state index in [2.05, 4.69) is 26.8 Å². The molecule has 0 radical (unpaired) electrons. The monoisotopic (exact) mass is 469 g/mol. The van der Waals surface area contributed by atoms with Crippen molar-refractivity contribution in [1.82, 2.24) is 4.98 Å². The summed E-state index contributed by atoms with van der Waals surface area (Å²) in [6.45, 7) is 6.53. The molecule has 1 unspecified atom stereocenters. The maximum atomic E-state index is 13.5. The van der Waals surface area contributed by atoms with E-state index in [4.69, 9.17) is 15.0 Å². The molecule has 0 saturated carbocycles. The van der Waals surface area contributed by atoms with Crippen molar-refractivity contribution in [2.45, 2.75) is 46.5 Å². The number of benzene rings is 2. The third-order valence-electron chi connectivity index (χ3n) is 6.83. The number of anilines is 1. The lowest BCUT2D eigenvalue weighted by atomic mass is 9.70. The second-order valence-electron chi connectivity index (χ2n) is 10.1. The summed E-state index contributed by atoms with van der Waals surface area (Å²) in [7, 11) is 0. The van der Waals surface area contributed by atoms with E-state index in [-0.39, 0.29) is 24.3 Å². The van der Waals surface area contributed by atoms with Gasteiger partial charge in [-0.15, -0.1) is 0 Å². The number of fused-ring (bicyclic) bond motifs is 2. The number of hydrogen-bond acceptors (Lipinski definition) is 5. The topological polar surface area (TPSA) is 83.3 Å². The molecule has 0 saturated heterocycles. The van der Waals surface area contributed by atoms with Gasteiger partial charge in [-0.25, -0.2) is 4.79 Å². The molecule has 3 aromatic rings. The van der Waals surface area contributed by atoms with Crippen LogP contribution in [0.3, 0.4) is 0 Å². The van der Waals surface area contributed by atoms with Crippen LogP contribution in [0.25, 0.3) is 10.9 Å². The van der Waals surface area contributed by atoms with Gasteiger partial charge in [0.25, 0.3) is 5.91 Å². The predicted molar refractivity (Wildman–Crippen MR) is 136 cm³/mol. The van der Waals surface area contributed by atoms with E-state index in [0.29, 0.717) is 17.2 Å². The Morgan fingerprint density at radius 1 is 1.11 bits per heavy atom. The summed E-state index contributed by atoms with van der Waals surface area (Å²) in [5.74, 6) is -0.443. The second-order valence-corrected chi connectivity index (χ2v) is 10.1. The van der Waals surface area contributed by atoms with Gasteiger partial charge in [0.2, 0.25) is 0 Å². The zero-order valence-corrected chi connectivity index (χ0v) is 20.6. The van der Waals surface area contributed by atoms with Crippen molar-refractivity contribution in [3.63, 3.8) is 0 Å². The number of aryl methyl sites for hydroxylation is 1. The molecule has 6 heteroatoms. The molecule has 1 amide bonds. The molecule has 0 spiro atoms. The highest BCUT2D eigenvalue weighted by molar-refractivity contribution is 6.06. The first-order valence-electron chi connectivity index (χ1n) is 12.1. The first-order chi connectivity index (χ1) is 16.8. The van der Waals surface area contributed by atoms with Crippen LogP contribution < -0.4 is 4.90 Å². The average Bonchev–Trinajstić information content (AvgIpc) is 2.85. The molecule has 0 bridgehead atoms. The number of hydrogen-bond donors (Lipinski definition) is 0. The van der Waals surface area contributed by atoms with E-state index < -0.39 is 12.6 Å². The SMILES string of the molecule is CC(C)(C)C1CCc2nc3ccccc3c(C(=O)OCC(=O)N(CCC#N)c3ccccc3)c2C1. The van der Waals surface area contributed by atoms with Crippen LogP contribution >= 0.6 is 0 Å². The third kappa shape index (κ3) is 5.35. The third-order valence-corrected chi connectivity index (χ3v) is 6.83. The van der Waals surface area contributed by atoms with E-state index >= 15 is 0 Å². The number of ether oxygens (including phenoxy) is 1. The fourth-order valence-electron chi connectivity index (χ4n) is 4.81. The molecule has 6 nitrogen and oxygen atoms in total. The lowest BCUT2D eigenvalue weighted by molar-refractivity contribution is -0.121. The minimum Gasteiger partial charge on any atom is -0.452 e. The largest absolute Gasteiger partial charge is 0.452 e. The van der Waals surface area contributed by atoms with Crippen molar-refractivity contribution in [2.75, 3.05) is 18.1 Å². The van der Waals surface area contributed by atoms with Gasteiger partial charge in [0.05, 0.1) is 23.6 Å². The first-order valence-corrected chi connectivity index (χ1v) is 12.1. The van der Waals surface area contributed by atoms with Gasteiger partial charge in [-0.05, 0) is 54.4 Å². The number of rotatable bonds is 6. The standard InChI is InChI=1S/C29H31N3O3/c1-29(2,3)20-14-15-25-23(18-20)27(22-12-7-8-13-24(22)31-25)28(34)35-19-26(33)32(17-9-16-30)21-10-5-4-6-11-21/h4-8,10-13,20H,9,14-15,17-19H2,1-3H3. The molecular formula is C29H31N3O3. The molecule has 4 rings (SSSR count). The molecule has 1 aliphatic rings. The number of esters is 1. The van der Waals surface area contributed by atoms with Crippen LogP contribution in [-0.4, -0.2) is 30.0 Å². The maximum absolute atomic E-state index is 13.5. The van der Waals surface area contributed by atoms with Crippen molar-refractivity contribution in [3.8, 4) is 6.07 Å². The van der Waals surface area contributed by atoms with Crippen LogP contribution in [0.4, 0.5) is 5.69 Å². The smallest absolute Gasteiger partial charge is 0.339 e. The highest BCUT2D eigenvalue weighted by atomic mass is 16.5. The van der Waals surface area contributed by atoms with Gasteiger partial charge in [-0.2, -0.15) is 5.26 Å². The Kier molecular flexibility index (Phi) is 7.16. The summed E-state index contributed by atoms with van der Waals surface area (Å²) in [5, 5.41) is 9.78. The van der Waals surface area contributed by atoms with Gasteiger partial charge >= 0.3 is 5.97 Å². The van der Waals surface area contributed by atoms with Crippen molar-refractivity contribution in [3.05, 3.63) is 71.4 Å². The van der Waals surface area contributed by atoms with Gasteiger partial charge < -0.3 is 9.64 Å². The lowest BCUT2D eigenvalue weighted by Gasteiger charge is -2.35. The number of para-hydroxylation sites is 2. The maximum Gasteiger partial charge on any atom is 0.339 e. The van der Waals surface area contributed by atoms with Crippen molar-refractivity contribution < 1.29 is 14.3 Å². The van der Waals surface area contributed by atoms with Crippen molar-refractivity contribution in [2.24, 2.45) is 11.3 Å². The minimum absolute atomic E-state index is 0.109. The van der Waals surface area contributed by atoms with Crippen LogP contribution in [0, 0.1) is 22.7 Å². The number of amides is 1. The van der Waals surface area contributed by atoms with Gasteiger partial charge in [0.15, 0.2) is 6.61 Å². The van der Waals surface area contributed by atoms with Gasteiger partial charge in [0, 0.05) is 23.3 Å². The van der Waals surface area contributed by atoms with Crippen molar-refractivity contribution >= 4 is 28.5 Å². The molecule has 180 valence electrons. The predicted octanol–water partition coefficient (Wildman–Crippen LogP) is 5.49. The molecule has 0 aliphatic heterocycles. The van der Waals surface area contributed by atoms with Crippen LogP contribution in [0.2, 0.25) is 0 Å². The van der Waals surface area contributed by atoms with Crippen LogP contribution in [0.1, 0.15) is 55.2 Å². The molecule has 2 aromatic carbocycles. The van der Waals surface area contributed by atoms with Crippen LogP contribution in [0.5, 0.6) is 0 Å². The summed E-state index contributed by atoms with van der Waals surface area (Å²) in [6, 6.07) is 18.8. The van der Waals surface area contributed by atoms with Crippen LogP contribution in [-0.2, 0) is 22.4 Å². The summed E-state index contributed by atoms with van der Waals surface area (Å²) in [6.07, 6.45) is 2.79. The number of nitriles is 1. The molecule has 1 aromatic heterocycles. The number of pyridine rings is 1. The Morgan fingerprint density at radius 2 is 1.83 bits per heavy atom. The highest BCUT2D eigenvalue weighted by Crippen LogP contribution is 2.39.